The van der Waals surface area contributed by atoms with Gasteiger partial charge in [-0.2, -0.15) is 0 Å². The molecule has 9 heteroatoms. The summed E-state index contributed by atoms with van der Waals surface area (Å²) in [6.07, 6.45) is 3.41. The van der Waals surface area contributed by atoms with Gasteiger partial charge in [0.2, 0.25) is 0 Å². The fraction of sp³-hybridized carbons (Fsp3) is 0.273. The van der Waals surface area contributed by atoms with E-state index < -0.39 is 5.82 Å². The van der Waals surface area contributed by atoms with E-state index in [0.717, 1.165) is 11.6 Å². The first kappa shape index (κ1) is 19.7. The lowest BCUT2D eigenvalue weighted by Crippen LogP contribution is -2.84. The number of carbonyl (C=O) groups excluding carboxylic acids is 2. The molecule has 158 valence electrons. The summed E-state index contributed by atoms with van der Waals surface area (Å²) in [6.45, 7) is -0.227. The van der Waals surface area contributed by atoms with Crippen molar-refractivity contribution >= 4 is 34.4 Å². The van der Waals surface area contributed by atoms with Gasteiger partial charge in [-0.1, -0.05) is 23.7 Å². The molecule has 3 saturated carbocycles. The number of benzene rings is 2. The van der Waals surface area contributed by atoms with Crippen LogP contribution in [0.4, 0.5) is 4.39 Å². The lowest BCUT2D eigenvalue weighted by molar-refractivity contribution is -0.141. The Kier molecular flexibility index (Phi) is 4.55. The molecule has 3 aromatic rings. The molecule has 3 aliphatic rings. The van der Waals surface area contributed by atoms with E-state index in [4.69, 9.17) is 16.3 Å². The van der Waals surface area contributed by atoms with Gasteiger partial charge in [0, 0.05) is 17.1 Å². The highest BCUT2D eigenvalue weighted by atomic mass is 35.5. The van der Waals surface area contributed by atoms with Crippen LogP contribution in [-0.2, 0) is 4.79 Å². The number of aromatic nitrogens is 2. The molecule has 6 rings (SSSR count). The van der Waals surface area contributed by atoms with Gasteiger partial charge < -0.3 is 15.4 Å². The zero-order chi connectivity index (χ0) is 21.6. The Morgan fingerprint density at radius 1 is 1.06 bits per heavy atom. The molecule has 31 heavy (non-hydrogen) atoms. The molecular weight excluding hydrogens is 423 g/mol. The molecule has 1 heterocycles. The Hall–Kier alpha value is -3.26. The van der Waals surface area contributed by atoms with Crippen LogP contribution in [-0.4, -0.2) is 39.5 Å². The quantitative estimate of drug-likeness (QED) is 0.614. The first-order valence-electron chi connectivity index (χ1n) is 9.79. The Morgan fingerprint density at radius 3 is 2.52 bits per heavy atom. The number of fused-ring (bicyclic) bond motifs is 1. The number of ether oxygens (including phenoxy) is 1. The molecule has 0 unspecified atom stereocenters. The van der Waals surface area contributed by atoms with Crippen molar-refractivity contribution in [3.05, 3.63) is 65.2 Å². The number of hydrogen-bond acceptors (Lipinski definition) is 5. The fourth-order valence-electron chi connectivity index (χ4n) is 4.47. The molecule has 1 aromatic heterocycles. The number of nitrogens with zero attached hydrogens (tertiary/aromatic N) is 2. The van der Waals surface area contributed by atoms with E-state index >= 15 is 0 Å². The van der Waals surface area contributed by atoms with E-state index in [1.807, 2.05) is 24.3 Å². The largest absolute Gasteiger partial charge is 0.484 e. The van der Waals surface area contributed by atoms with Crippen LogP contribution < -0.4 is 15.4 Å². The van der Waals surface area contributed by atoms with Gasteiger partial charge in [0.1, 0.15) is 17.3 Å². The lowest BCUT2D eigenvalue weighted by Gasteiger charge is -2.70. The van der Waals surface area contributed by atoms with Crippen LogP contribution in [0, 0.1) is 5.82 Å². The van der Waals surface area contributed by atoms with E-state index in [0.29, 0.717) is 24.8 Å². The van der Waals surface area contributed by atoms with Crippen molar-refractivity contribution in [2.24, 2.45) is 0 Å². The maximum atomic E-state index is 13.4. The van der Waals surface area contributed by atoms with E-state index in [2.05, 4.69) is 20.6 Å². The second-order valence-electron chi connectivity index (χ2n) is 8.20. The van der Waals surface area contributed by atoms with Crippen LogP contribution in [0.15, 0.2) is 48.7 Å². The summed E-state index contributed by atoms with van der Waals surface area (Å²) in [5, 5.41) is 5.98. The lowest BCUT2D eigenvalue weighted by atomic mass is 9.44. The average Bonchev–Trinajstić information content (AvgIpc) is 2.71. The van der Waals surface area contributed by atoms with Crippen molar-refractivity contribution in [1.29, 1.82) is 0 Å². The minimum absolute atomic E-state index is 0.00677. The third kappa shape index (κ3) is 3.67. The van der Waals surface area contributed by atoms with Gasteiger partial charge in [-0.05, 0) is 43.5 Å². The monoisotopic (exact) mass is 440 g/mol. The van der Waals surface area contributed by atoms with Gasteiger partial charge in [0.15, 0.2) is 6.61 Å². The summed E-state index contributed by atoms with van der Waals surface area (Å²) < 4.78 is 18.8. The highest BCUT2D eigenvalue weighted by Gasteiger charge is 2.69. The molecule has 2 bridgehead atoms. The Balaban J connectivity index is 1.12. The van der Waals surface area contributed by atoms with Crippen LogP contribution in [0.5, 0.6) is 5.75 Å². The molecule has 2 amide bonds. The normalized spacial score (nSPS) is 23.4. The maximum Gasteiger partial charge on any atom is 0.271 e. The van der Waals surface area contributed by atoms with Crippen LogP contribution in [0.3, 0.4) is 0 Å². The third-order valence-electron chi connectivity index (χ3n) is 5.76. The minimum atomic E-state index is -0.604. The third-order valence-corrected chi connectivity index (χ3v) is 6.06. The molecule has 3 fully saturated rings. The average molecular weight is 441 g/mol. The van der Waals surface area contributed by atoms with Crippen molar-refractivity contribution in [2.75, 3.05) is 6.61 Å². The first-order valence-corrected chi connectivity index (χ1v) is 10.2. The van der Waals surface area contributed by atoms with Crippen molar-refractivity contribution in [3.63, 3.8) is 0 Å². The number of carbonyl (C=O) groups is 2. The SMILES string of the molecule is O=C(COc1ccc(Cl)c(F)c1)NC12CC(NC(=O)c3cnc4ccccc4n3)(C1)C2. The Morgan fingerprint density at radius 2 is 1.77 bits per heavy atom. The smallest absolute Gasteiger partial charge is 0.271 e. The molecule has 0 atom stereocenters. The van der Waals surface area contributed by atoms with Gasteiger partial charge in [0.05, 0.1) is 22.3 Å². The summed E-state index contributed by atoms with van der Waals surface area (Å²) in [6, 6.07) is 11.4. The molecular formula is C22H18ClFN4O3. The van der Waals surface area contributed by atoms with Gasteiger partial charge >= 0.3 is 0 Å². The number of rotatable bonds is 6. The standard InChI is InChI=1S/C22H18ClFN4O3/c23-14-6-5-13(7-15(14)24)31-9-19(29)27-21-10-22(11-21,12-21)28-20(30)18-8-25-16-3-1-2-4-17(16)26-18/h1-8H,9-12H2,(H,27,29)(H,28,30). The second-order valence-corrected chi connectivity index (χ2v) is 8.61. The predicted molar refractivity (Wildman–Crippen MR) is 111 cm³/mol. The predicted octanol–water partition coefficient (Wildman–Crippen LogP) is 3.02. The van der Waals surface area contributed by atoms with Crippen molar-refractivity contribution < 1.29 is 18.7 Å². The highest BCUT2D eigenvalue weighted by Crippen LogP contribution is 2.60. The molecule has 0 aliphatic heterocycles. The molecule has 0 radical (unpaired) electrons. The highest BCUT2D eigenvalue weighted by molar-refractivity contribution is 6.30. The molecule has 0 spiro atoms. The van der Waals surface area contributed by atoms with Gasteiger partial charge in [-0.3, -0.25) is 14.6 Å². The molecule has 2 aromatic carbocycles. The summed E-state index contributed by atoms with van der Waals surface area (Å²) >= 11 is 5.63. The van der Waals surface area contributed by atoms with Gasteiger partial charge in [-0.25, -0.2) is 9.37 Å². The first-order chi connectivity index (χ1) is 14.9. The Labute approximate surface area is 182 Å². The zero-order valence-electron chi connectivity index (χ0n) is 16.3. The number of para-hydroxylation sites is 2. The topological polar surface area (TPSA) is 93.2 Å². The summed E-state index contributed by atoms with van der Waals surface area (Å²) in [7, 11) is 0. The molecule has 2 N–H and O–H groups in total. The van der Waals surface area contributed by atoms with Crippen LogP contribution in [0.1, 0.15) is 29.8 Å². The van der Waals surface area contributed by atoms with Crippen molar-refractivity contribution in [1.82, 2.24) is 20.6 Å². The van der Waals surface area contributed by atoms with E-state index in [1.54, 1.807) is 0 Å². The molecule has 0 saturated heterocycles. The van der Waals surface area contributed by atoms with E-state index in [9.17, 15) is 14.0 Å². The van der Waals surface area contributed by atoms with Crippen LogP contribution in [0.25, 0.3) is 11.0 Å². The summed E-state index contributed by atoms with van der Waals surface area (Å²) in [5.74, 6) is -0.941. The number of halogens is 2. The maximum absolute atomic E-state index is 13.4. The van der Waals surface area contributed by atoms with Crippen LogP contribution >= 0.6 is 11.6 Å². The molecule has 3 aliphatic carbocycles. The number of nitrogens with one attached hydrogen (secondary N) is 2. The zero-order valence-corrected chi connectivity index (χ0v) is 17.1. The summed E-state index contributed by atoms with van der Waals surface area (Å²) in [5.41, 5.74) is 1.02. The molecule has 7 nitrogen and oxygen atoms in total. The van der Waals surface area contributed by atoms with E-state index in [-0.39, 0.29) is 46.0 Å². The van der Waals surface area contributed by atoms with Crippen molar-refractivity contribution in [2.45, 2.75) is 30.3 Å². The fourth-order valence-corrected chi connectivity index (χ4v) is 4.59. The Bertz CT molecular complexity index is 1200. The summed E-state index contributed by atoms with van der Waals surface area (Å²) in [4.78, 5) is 33.5. The van der Waals surface area contributed by atoms with Crippen molar-refractivity contribution in [3.8, 4) is 5.75 Å². The second kappa shape index (κ2) is 7.16. The number of amides is 2. The van der Waals surface area contributed by atoms with Gasteiger partial charge in [-0.15, -0.1) is 0 Å². The van der Waals surface area contributed by atoms with E-state index in [1.165, 1.54) is 18.3 Å². The van der Waals surface area contributed by atoms with Crippen LogP contribution in [0.2, 0.25) is 5.02 Å². The van der Waals surface area contributed by atoms with Gasteiger partial charge in [0.25, 0.3) is 11.8 Å². The number of hydrogen-bond donors (Lipinski definition) is 2. The minimum Gasteiger partial charge on any atom is -0.484 e.